The number of anilines is 1. The van der Waals surface area contributed by atoms with Gasteiger partial charge in [0.05, 0.1) is 19.3 Å². The second-order valence-corrected chi connectivity index (χ2v) is 14.0. The van der Waals surface area contributed by atoms with Crippen molar-refractivity contribution >= 4 is 35.8 Å². The maximum Gasteiger partial charge on any atom is 0.224 e. The first-order valence-electron chi connectivity index (χ1n) is 11.3. The lowest BCUT2D eigenvalue weighted by Gasteiger charge is -2.28. The summed E-state index contributed by atoms with van der Waals surface area (Å²) in [6.45, 7) is 4.71. The van der Waals surface area contributed by atoms with Crippen LogP contribution in [0.1, 0.15) is 12.0 Å². The Bertz CT molecular complexity index is 1220. The molecule has 0 saturated heterocycles. The van der Waals surface area contributed by atoms with Crippen LogP contribution in [0.2, 0.25) is 19.1 Å². The van der Waals surface area contributed by atoms with Gasteiger partial charge in [0.2, 0.25) is 5.91 Å². The molecule has 5 heteroatoms. The van der Waals surface area contributed by atoms with E-state index in [9.17, 15) is 9.18 Å². The van der Waals surface area contributed by atoms with Crippen molar-refractivity contribution in [3.05, 3.63) is 103 Å². The quantitative estimate of drug-likeness (QED) is 0.322. The van der Waals surface area contributed by atoms with Crippen LogP contribution in [0.4, 0.5) is 10.1 Å². The maximum absolute atomic E-state index is 13.4. The minimum Gasteiger partial charge on any atom is -0.324 e. The number of aromatic nitrogens is 1. The third-order valence-corrected chi connectivity index (χ3v) is 9.67. The normalized spacial score (nSPS) is 12.5. The van der Waals surface area contributed by atoms with Gasteiger partial charge in [-0.15, -0.1) is 0 Å². The van der Waals surface area contributed by atoms with Crippen LogP contribution < -0.4 is 10.5 Å². The molecule has 3 nitrogen and oxygen atoms in total. The van der Waals surface area contributed by atoms with Crippen molar-refractivity contribution < 1.29 is 9.18 Å². The highest BCUT2D eigenvalue weighted by molar-refractivity contribution is 6.89. The summed E-state index contributed by atoms with van der Waals surface area (Å²) in [6.07, 6.45) is 2.89. The Morgan fingerprint density at radius 1 is 0.939 bits per heavy atom. The molecule has 0 bridgehead atoms. The van der Waals surface area contributed by atoms with Crippen LogP contribution in [0.25, 0.3) is 10.9 Å². The van der Waals surface area contributed by atoms with Crippen molar-refractivity contribution in [1.29, 1.82) is 0 Å². The topological polar surface area (TPSA) is 42.0 Å². The van der Waals surface area contributed by atoms with E-state index in [1.165, 1.54) is 17.3 Å². The van der Waals surface area contributed by atoms with Gasteiger partial charge < -0.3 is 5.32 Å². The van der Waals surface area contributed by atoms with Crippen molar-refractivity contribution in [2.24, 2.45) is 5.92 Å². The number of para-hydroxylation sites is 1. The Hall–Kier alpha value is -3.31. The maximum atomic E-state index is 13.4. The van der Waals surface area contributed by atoms with Crippen molar-refractivity contribution in [2.45, 2.75) is 32.0 Å². The highest BCUT2D eigenvalue weighted by Crippen LogP contribution is 2.26. The molecule has 33 heavy (non-hydrogen) atoms. The minimum absolute atomic E-state index is 0.0156. The van der Waals surface area contributed by atoms with E-state index in [-0.39, 0.29) is 17.6 Å². The number of hydrogen-bond acceptors (Lipinski definition) is 2. The molecule has 1 N–H and O–H groups in total. The van der Waals surface area contributed by atoms with Crippen LogP contribution in [0.15, 0.2) is 91.1 Å². The number of nitrogens with zero attached hydrogens (tertiary/aromatic N) is 1. The van der Waals surface area contributed by atoms with Crippen molar-refractivity contribution in [3.63, 3.8) is 0 Å². The molecule has 1 aromatic heterocycles. The number of benzene rings is 3. The van der Waals surface area contributed by atoms with Gasteiger partial charge in [0, 0.05) is 18.0 Å². The zero-order chi connectivity index (χ0) is 23.3. The molecule has 1 amide bonds. The molecule has 0 aliphatic carbocycles. The van der Waals surface area contributed by atoms with Crippen molar-refractivity contribution in [1.82, 2.24) is 4.98 Å². The van der Waals surface area contributed by atoms with Crippen LogP contribution in [0, 0.1) is 11.7 Å². The summed E-state index contributed by atoms with van der Waals surface area (Å²) >= 11 is 0. The van der Waals surface area contributed by atoms with Gasteiger partial charge >= 0.3 is 0 Å². The molecule has 1 atom stereocenters. The molecule has 168 valence electrons. The first-order valence-corrected chi connectivity index (χ1v) is 14.5. The summed E-state index contributed by atoms with van der Waals surface area (Å²) < 4.78 is 13.4. The smallest absolute Gasteiger partial charge is 0.224 e. The van der Waals surface area contributed by atoms with Gasteiger partial charge in [-0.25, -0.2) is 4.39 Å². The first-order chi connectivity index (χ1) is 15.9. The molecule has 0 aliphatic heterocycles. The predicted octanol–water partition coefficient (Wildman–Crippen LogP) is 6.18. The van der Waals surface area contributed by atoms with Crippen LogP contribution in [-0.4, -0.2) is 19.0 Å². The average molecular weight is 457 g/mol. The van der Waals surface area contributed by atoms with Crippen LogP contribution in [0.3, 0.4) is 0 Å². The number of fused-ring (bicyclic) bond motifs is 1. The van der Waals surface area contributed by atoms with Gasteiger partial charge in [-0.3, -0.25) is 9.78 Å². The van der Waals surface area contributed by atoms with Gasteiger partial charge in [-0.1, -0.05) is 78.9 Å². The zero-order valence-electron chi connectivity index (χ0n) is 19.1. The molecule has 0 spiro atoms. The number of rotatable bonds is 8. The molecule has 4 rings (SSSR count). The molecule has 0 saturated carbocycles. The van der Waals surface area contributed by atoms with E-state index >= 15 is 0 Å². The fraction of sp³-hybridized carbons (Fsp3) is 0.214. The largest absolute Gasteiger partial charge is 0.324 e. The fourth-order valence-electron chi connectivity index (χ4n) is 4.57. The van der Waals surface area contributed by atoms with E-state index in [1.807, 2.05) is 48.5 Å². The second kappa shape index (κ2) is 10.1. The van der Waals surface area contributed by atoms with Gasteiger partial charge in [0.1, 0.15) is 5.82 Å². The van der Waals surface area contributed by atoms with E-state index in [4.69, 9.17) is 0 Å². The SMILES string of the molecule is C[Si](C)(CC(CC(=O)Nc1cccc2cccnc12)Cc1ccc(F)cc1)c1ccccc1. The molecule has 0 fully saturated rings. The number of amides is 1. The average Bonchev–Trinajstić information content (AvgIpc) is 2.81. The summed E-state index contributed by atoms with van der Waals surface area (Å²) in [4.78, 5) is 17.6. The third-order valence-electron chi connectivity index (χ3n) is 6.17. The fourth-order valence-corrected chi connectivity index (χ4v) is 7.63. The molecular formula is C28H29FN2OSi. The molecule has 3 aromatic carbocycles. The van der Waals surface area contributed by atoms with E-state index in [0.717, 1.165) is 34.6 Å². The van der Waals surface area contributed by atoms with Crippen LogP contribution >= 0.6 is 0 Å². The number of carbonyl (C=O) groups is 1. The summed E-state index contributed by atoms with van der Waals surface area (Å²) in [5, 5.41) is 5.47. The van der Waals surface area contributed by atoms with Gasteiger partial charge in [-0.2, -0.15) is 0 Å². The lowest BCUT2D eigenvalue weighted by Crippen LogP contribution is -2.43. The van der Waals surface area contributed by atoms with Gasteiger partial charge in [0.15, 0.2) is 0 Å². The highest BCUT2D eigenvalue weighted by Gasteiger charge is 2.29. The van der Waals surface area contributed by atoms with E-state index in [2.05, 4.69) is 47.7 Å². The molecular weight excluding hydrogens is 427 g/mol. The summed E-state index contributed by atoms with van der Waals surface area (Å²) in [7, 11) is -1.78. The second-order valence-electron chi connectivity index (χ2n) is 9.28. The first kappa shape index (κ1) is 22.9. The van der Waals surface area contributed by atoms with Crippen LogP contribution in [-0.2, 0) is 11.2 Å². The Labute approximate surface area is 195 Å². The highest BCUT2D eigenvalue weighted by atomic mass is 28.3. The van der Waals surface area contributed by atoms with E-state index in [0.29, 0.717) is 6.42 Å². The van der Waals surface area contributed by atoms with E-state index < -0.39 is 8.07 Å². The van der Waals surface area contributed by atoms with Gasteiger partial charge in [0.25, 0.3) is 0 Å². The van der Waals surface area contributed by atoms with Gasteiger partial charge in [-0.05, 0) is 48.2 Å². The van der Waals surface area contributed by atoms with Crippen molar-refractivity contribution in [3.8, 4) is 0 Å². The monoisotopic (exact) mass is 456 g/mol. The molecule has 0 radical (unpaired) electrons. The Balaban J connectivity index is 1.54. The summed E-state index contributed by atoms with van der Waals surface area (Å²) in [6, 6.07) is 27.9. The number of pyridine rings is 1. The molecule has 1 unspecified atom stereocenters. The van der Waals surface area contributed by atoms with Crippen molar-refractivity contribution in [2.75, 3.05) is 5.32 Å². The minimum atomic E-state index is -1.78. The standard InChI is InChI=1S/C28H29FN2OSi/c1-33(2,25-10-4-3-5-11-25)20-22(18-21-13-15-24(29)16-14-21)19-27(32)31-26-12-6-8-23-9-7-17-30-28(23)26/h3-17,22H,18-20H2,1-2H3,(H,31,32). The van der Waals surface area contributed by atoms with Crippen LogP contribution in [0.5, 0.6) is 0 Å². The lowest BCUT2D eigenvalue weighted by atomic mass is 9.97. The number of hydrogen-bond donors (Lipinski definition) is 1. The Morgan fingerprint density at radius 2 is 1.67 bits per heavy atom. The lowest BCUT2D eigenvalue weighted by molar-refractivity contribution is -0.116. The number of nitrogens with one attached hydrogen (secondary N) is 1. The zero-order valence-corrected chi connectivity index (χ0v) is 20.1. The third kappa shape index (κ3) is 5.93. The number of carbonyl (C=O) groups excluding carboxylic acids is 1. The summed E-state index contributed by atoms with van der Waals surface area (Å²) in [5.74, 6) is -0.103. The molecule has 1 heterocycles. The Kier molecular flexibility index (Phi) is 6.99. The molecule has 4 aromatic rings. The summed E-state index contributed by atoms with van der Waals surface area (Å²) in [5.41, 5.74) is 2.58. The Morgan fingerprint density at radius 3 is 2.42 bits per heavy atom. The predicted molar refractivity (Wildman–Crippen MR) is 137 cm³/mol. The van der Waals surface area contributed by atoms with E-state index in [1.54, 1.807) is 6.20 Å². The molecule has 0 aliphatic rings. The number of halogens is 1.